The Morgan fingerprint density at radius 3 is 3.08 bits per heavy atom. The molecule has 2 rings (SSSR count). The number of benzene rings is 1. The molecule has 0 unspecified atom stereocenters. The monoisotopic (exact) mass is 254 g/mol. The Balaban J connectivity index is 2.75. The second-order valence-electron chi connectivity index (χ2n) is 2.27. The minimum Gasteiger partial charge on any atom is -0.233 e. The molecule has 4 nitrogen and oxygen atoms in total. The van der Waals surface area contributed by atoms with Gasteiger partial charge < -0.3 is 0 Å². The Hall–Kier alpha value is -1.10. The van der Waals surface area contributed by atoms with Gasteiger partial charge in [-0.1, -0.05) is 6.07 Å². The molecule has 0 N–H and O–H groups in total. The molecule has 0 aliphatic heterocycles. The van der Waals surface area contributed by atoms with Gasteiger partial charge in [-0.05, 0) is 38.7 Å². The normalized spacial score (nSPS) is 9.92. The lowest BCUT2D eigenvalue weighted by atomic mass is 10.3. The molecule has 0 spiro atoms. The number of halogens is 1. The van der Waals surface area contributed by atoms with Crippen molar-refractivity contribution in [1.82, 2.24) is 4.98 Å². The minimum atomic E-state index is 0.449. The van der Waals surface area contributed by atoms with Gasteiger partial charge in [0.1, 0.15) is 0 Å². The van der Waals surface area contributed by atoms with E-state index in [0.29, 0.717) is 5.13 Å². The molecule has 1 aromatic heterocycles. The summed E-state index contributed by atoms with van der Waals surface area (Å²) in [4.78, 5) is 6.84. The van der Waals surface area contributed by atoms with Crippen LogP contribution in [0.5, 0.6) is 0 Å². The van der Waals surface area contributed by atoms with Crippen molar-refractivity contribution in [3.63, 3.8) is 0 Å². The van der Waals surface area contributed by atoms with E-state index in [4.69, 9.17) is 5.53 Å². The Labute approximate surface area is 86.0 Å². The van der Waals surface area contributed by atoms with Crippen LogP contribution in [0.15, 0.2) is 27.8 Å². The van der Waals surface area contributed by atoms with E-state index < -0.39 is 0 Å². The molecule has 0 aliphatic rings. The first-order valence-electron chi connectivity index (χ1n) is 3.41. The van der Waals surface area contributed by atoms with Gasteiger partial charge in [0.2, 0.25) is 0 Å². The first-order chi connectivity index (χ1) is 6.31. The summed E-state index contributed by atoms with van der Waals surface area (Å²) in [6.45, 7) is 0. The van der Waals surface area contributed by atoms with E-state index in [9.17, 15) is 0 Å². The molecule has 1 aromatic carbocycles. The van der Waals surface area contributed by atoms with Crippen LogP contribution in [0.2, 0.25) is 0 Å². The van der Waals surface area contributed by atoms with Crippen molar-refractivity contribution in [3.05, 3.63) is 33.1 Å². The van der Waals surface area contributed by atoms with Crippen LogP contribution in [0.3, 0.4) is 0 Å². The highest BCUT2D eigenvalue weighted by Gasteiger charge is 2.03. The maximum Gasteiger partial charge on any atom is 0.181 e. The SMILES string of the molecule is [N-]=[N+]=Nc1nc2c(Br)cccc2s1. The summed E-state index contributed by atoms with van der Waals surface area (Å²) in [7, 11) is 0. The highest BCUT2D eigenvalue weighted by molar-refractivity contribution is 9.10. The summed E-state index contributed by atoms with van der Waals surface area (Å²) in [5.41, 5.74) is 9.07. The van der Waals surface area contributed by atoms with E-state index in [0.717, 1.165) is 14.7 Å². The Morgan fingerprint density at radius 1 is 1.54 bits per heavy atom. The molecule has 64 valence electrons. The summed E-state index contributed by atoms with van der Waals surface area (Å²) < 4.78 is 1.93. The van der Waals surface area contributed by atoms with Gasteiger partial charge in [-0.15, -0.1) is 11.3 Å². The minimum absolute atomic E-state index is 0.449. The maximum atomic E-state index is 8.23. The lowest BCUT2D eigenvalue weighted by molar-refractivity contribution is 1.38. The number of hydrogen-bond donors (Lipinski definition) is 0. The highest BCUT2D eigenvalue weighted by Crippen LogP contribution is 2.32. The topological polar surface area (TPSA) is 61.7 Å². The molecule has 0 saturated heterocycles. The standard InChI is InChI=1S/C7H3BrN4S/c8-4-2-1-3-5-6(4)10-7(13-5)11-12-9/h1-3H. The fraction of sp³-hybridized carbons (Fsp3) is 0. The van der Waals surface area contributed by atoms with E-state index >= 15 is 0 Å². The molecule has 0 fully saturated rings. The average Bonchev–Trinajstić information content (AvgIpc) is 2.49. The molecule has 13 heavy (non-hydrogen) atoms. The maximum absolute atomic E-state index is 8.23. The zero-order chi connectivity index (χ0) is 9.26. The number of nitrogens with zero attached hydrogens (tertiary/aromatic N) is 4. The molecule has 2 aromatic rings. The van der Waals surface area contributed by atoms with Gasteiger partial charge >= 0.3 is 0 Å². The number of azide groups is 1. The van der Waals surface area contributed by atoms with Crippen LogP contribution in [0, 0.1) is 0 Å². The summed E-state index contributed by atoms with van der Waals surface area (Å²) in [5, 5.41) is 3.90. The Kier molecular flexibility index (Phi) is 2.18. The fourth-order valence-corrected chi connectivity index (χ4v) is 2.38. The van der Waals surface area contributed by atoms with Crippen molar-refractivity contribution in [2.75, 3.05) is 0 Å². The molecule has 0 radical (unpaired) electrons. The zero-order valence-electron chi connectivity index (χ0n) is 6.31. The number of hydrogen-bond acceptors (Lipinski definition) is 3. The molecule has 0 amide bonds. The quantitative estimate of drug-likeness (QED) is 0.431. The molecule has 1 heterocycles. The van der Waals surface area contributed by atoms with Crippen LogP contribution < -0.4 is 0 Å². The van der Waals surface area contributed by atoms with Crippen LogP contribution in [0.4, 0.5) is 5.13 Å². The molecular weight excluding hydrogens is 252 g/mol. The van der Waals surface area contributed by atoms with Crippen LogP contribution in [0.25, 0.3) is 20.7 Å². The van der Waals surface area contributed by atoms with Crippen molar-refractivity contribution >= 4 is 42.6 Å². The highest BCUT2D eigenvalue weighted by atomic mass is 79.9. The summed E-state index contributed by atoms with van der Waals surface area (Å²) in [6.07, 6.45) is 0. The van der Waals surface area contributed by atoms with Gasteiger partial charge in [-0.3, -0.25) is 0 Å². The lowest BCUT2D eigenvalue weighted by Crippen LogP contribution is -1.68. The van der Waals surface area contributed by atoms with E-state index in [1.165, 1.54) is 11.3 Å². The predicted octanol–water partition coefficient (Wildman–Crippen LogP) is 4.00. The Bertz CT molecular complexity index is 500. The largest absolute Gasteiger partial charge is 0.233 e. The van der Waals surface area contributed by atoms with Gasteiger partial charge in [0, 0.05) is 9.38 Å². The van der Waals surface area contributed by atoms with Gasteiger partial charge in [0.25, 0.3) is 0 Å². The number of aromatic nitrogens is 1. The van der Waals surface area contributed by atoms with Gasteiger partial charge in [0.15, 0.2) is 5.13 Å². The van der Waals surface area contributed by atoms with Crippen LogP contribution >= 0.6 is 27.3 Å². The first kappa shape index (κ1) is 8.50. The average molecular weight is 255 g/mol. The number of rotatable bonds is 1. The number of thiazole rings is 1. The summed E-state index contributed by atoms with van der Waals surface area (Å²) >= 11 is 4.75. The van der Waals surface area contributed by atoms with Gasteiger partial charge in [-0.25, -0.2) is 4.98 Å². The van der Waals surface area contributed by atoms with Crippen molar-refractivity contribution in [3.8, 4) is 0 Å². The third-order valence-electron chi connectivity index (χ3n) is 1.49. The van der Waals surface area contributed by atoms with E-state index in [-0.39, 0.29) is 0 Å². The smallest absolute Gasteiger partial charge is 0.181 e. The third-order valence-corrected chi connectivity index (χ3v) is 3.03. The van der Waals surface area contributed by atoms with E-state index in [1.807, 2.05) is 18.2 Å². The van der Waals surface area contributed by atoms with Crippen molar-refractivity contribution in [2.45, 2.75) is 0 Å². The van der Waals surface area contributed by atoms with E-state index in [1.54, 1.807) is 0 Å². The number of para-hydroxylation sites is 1. The zero-order valence-corrected chi connectivity index (χ0v) is 8.71. The number of fused-ring (bicyclic) bond motifs is 1. The Morgan fingerprint density at radius 2 is 2.38 bits per heavy atom. The lowest BCUT2D eigenvalue weighted by Gasteiger charge is -1.88. The molecule has 0 atom stereocenters. The van der Waals surface area contributed by atoms with Crippen molar-refractivity contribution < 1.29 is 0 Å². The molecule has 0 aliphatic carbocycles. The molecular formula is C7H3BrN4S. The molecule has 6 heteroatoms. The van der Waals surface area contributed by atoms with E-state index in [2.05, 4.69) is 30.9 Å². The third kappa shape index (κ3) is 1.51. The van der Waals surface area contributed by atoms with Gasteiger partial charge in [-0.2, -0.15) is 0 Å². The summed E-state index contributed by atoms with van der Waals surface area (Å²) in [6, 6.07) is 5.76. The van der Waals surface area contributed by atoms with Gasteiger partial charge in [0.05, 0.1) is 10.2 Å². The van der Waals surface area contributed by atoms with Crippen LogP contribution in [-0.4, -0.2) is 4.98 Å². The summed E-state index contributed by atoms with van der Waals surface area (Å²) in [5.74, 6) is 0. The fourth-order valence-electron chi connectivity index (χ4n) is 0.984. The predicted molar refractivity (Wildman–Crippen MR) is 56.1 cm³/mol. The first-order valence-corrected chi connectivity index (χ1v) is 5.02. The van der Waals surface area contributed by atoms with Crippen molar-refractivity contribution in [1.29, 1.82) is 0 Å². The molecule has 0 saturated carbocycles. The van der Waals surface area contributed by atoms with Crippen molar-refractivity contribution in [2.24, 2.45) is 5.11 Å². The molecule has 0 bridgehead atoms. The van der Waals surface area contributed by atoms with Crippen LogP contribution in [-0.2, 0) is 0 Å². The second-order valence-corrected chi connectivity index (χ2v) is 4.14. The second kappa shape index (κ2) is 3.33. The van der Waals surface area contributed by atoms with Crippen LogP contribution in [0.1, 0.15) is 0 Å².